The average molecular weight is 472 g/mol. The Bertz CT molecular complexity index is 408. The zero-order valence-electron chi connectivity index (χ0n) is 14.2. The summed E-state index contributed by atoms with van der Waals surface area (Å²) in [6.07, 6.45) is 0. The van der Waals surface area contributed by atoms with Crippen LogP contribution in [0.1, 0.15) is 11.1 Å². The van der Waals surface area contributed by atoms with Gasteiger partial charge in [0, 0.05) is 0 Å². The fourth-order valence-corrected chi connectivity index (χ4v) is 2.39. The normalized spacial score (nSPS) is 10.5. The first-order valence-corrected chi connectivity index (χ1v) is 11.5. The molecule has 138 valence electrons. The molecule has 8 heteroatoms. The lowest BCUT2D eigenvalue weighted by atomic mass is 10.1. The summed E-state index contributed by atoms with van der Waals surface area (Å²) in [7, 11) is 1.31. The van der Waals surface area contributed by atoms with Crippen molar-refractivity contribution in [2.24, 2.45) is 0 Å². The van der Waals surface area contributed by atoms with E-state index >= 15 is 0 Å². The second kappa shape index (κ2) is 19.0. The molecule has 0 N–H and O–H groups in total. The van der Waals surface area contributed by atoms with Crippen molar-refractivity contribution in [2.45, 2.75) is 13.5 Å². The molecule has 1 atom stereocenters. The minimum Gasteiger partial charge on any atom is -0.471 e. The molecule has 0 aliphatic carbocycles. The van der Waals surface area contributed by atoms with Crippen molar-refractivity contribution >= 4 is 35.0 Å². The smallest absolute Gasteiger partial charge is 0.292 e. The maximum absolute atomic E-state index is 8.95. The molecule has 0 saturated heterocycles. The summed E-state index contributed by atoms with van der Waals surface area (Å²) in [5.41, 5.74) is 2.45. The van der Waals surface area contributed by atoms with Gasteiger partial charge in [0.25, 0.3) is 6.47 Å². The Balaban J connectivity index is 0.00000118. The van der Waals surface area contributed by atoms with E-state index in [1.54, 1.807) is 0 Å². The highest BCUT2D eigenvalue weighted by Gasteiger charge is 1.95. The van der Waals surface area contributed by atoms with E-state index < -0.39 is 0 Å². The molecule has 1 rings (SSSR count). The zero-order valence-corrected chi connectivity index (χ0v) is 17.3. The van der Waals surface area contributed by atoms with E-state index in [1.807, 2.05) is 6.07 Å². The van der Waals surface area contributed by atoms with E-state index in [2.05, 4.69) is 51.9 Å². The number of halogens is 1. The third-order valence-corrected chi connectivity index (χ3v) is 3.82. The van der Waals surface area contributed by atoms with Crippen LogP contribution in [0.5, 0.6) is 0 Å². The molecule has 24 heavy (non-hydrogen) atoms. The molecule has 6 nitrogen and oxygen atoms in total. The molecule has 0 bridgehead atoms. The zero-order chi connectivity index (χ0) is 17.9. The van der Waals surface area contributed by atoms with Crippen LogP contribution in [0, 0.1) is 6.92 Å². The van der Waals surface area contributed by atoms with Gasteiger partial charge < -0.3 is 23.5 Å². The molecular weight excluding hydrogens is 446 g/mol. The van der Waals surface area contributed by atoms with Crippen LogP contribution in [0.15, 0.2) is 24.3 Å². The SMILES string of the molecule is COC=O.Cc1cccc(COCCOCCOCCOPI)c1. The lowest BCUT2D eigenvalue weighted by Gasteiger charge is -2.07. The molecule has 0 amide bonds. The Morgan fingerprint density at radius 3 is 2.17 bits per heavy atom. The Morgan fingerprint density at radius 2 is 1.62 bits per heavy atom. The fourth-order valence-electron chi connectivity index (χ4n) is 1.57. The van der Waals surface area contributed by atoms with Crippen LogP contribution in [0.4, 0.5) is 0 Å². The van der Waals surface area contributed by atoms with Gasteiger partial charge in [0.2, 0.25) is 0 Å². The van der Waals surface area contributed by atoms with Gasteiger partial charge in [0.1, 0.15) is 0 Å². The summed E-state index contributed by atoms with van der Waals surface area (Å²) < 4.78 is 25.3. The highest BCUT2D eigenvalue weighted by molar-refractivity contribution is 14.2. The van der Waals surface area contributed by atoms with Gasteiger partial charge in [-0.2, -0.15) is 0 Å². The Labute approximate surface area is 158 Å². The predicted octanol–water partition coefficient (Wildman–Crippen LogP) is 3.29. The molecule has 0 aliphatic heterocycles. The number of benzene rings is 1. The van der Waals surface area contributed by atoms with E-state index in [0.29, 0.717) is 59.2 Å². The summed E-state index contributed by atoms with van der Waals surface area (Å²) in [4.78, 5) is 8.95. The highest BCUT2D eigenvalue weighted by atomic mass is 127. The van der Waals surface area contributed by atoms with Gasteiger partial charge >= 0.3 is 0 Å². The van der Waals surface area contributed by atoms with E-state index in [0.717, 1.165) is 0 Å². The number of ether oxygens (including phenoxy) is 4. The van der Waals surface area contributed by atoms with Gasteiger partial charge in [-0.25, -0.2) is 0 Å². The highest BCUT2D eigenvalue weighted by Crippen LogP contribution is 2.20. The van der Waals surface area contributed by atoms with E-state index in [1.165, 1.54) is 18.2 Å². The number of carbonyl (C=O) groups is 1. The molecule has 0 radical (unpaired) electrons. The Hall–Kier alpha value is -0.310. The van der Waals surface area contributed by atoms with Gasteiger partial charge in [-0.3, -0.25) is 4.79 Å². The summed E-state index contributed by atoms with van der Waals surface area (Å²) in [6, 6.07) is 8.33. The Morgan fingerprint density at radius 1 is 1.04 bits per heavy atom. The van der Waals surface area contributed by atoms with Crippen LogP contribution >= 0.6 is 28.5 Å². The second-order valence-corrected chi connectivity index (χ2v) is 6.29. The van der Waals surface area contributed by atoms with Gasteiger partial charge in [0.15, 0.2) is 0 Å². The van der Waals surface area contributed by atoms with E-state index in [-0.39, 0.29) is 0 Å². The van der Waals surface area contributed by atoms with Crippen LogP contribution < -0.4 is 0 Å². The lowest BCUT2D eigenvalue weighted by Crippen LogP contribution is -2.11. The molecule has 0 aliphatic rings. The number of hydrogen-bond donors (Lipinski definition) is 0. The van der Waals surface area contributed by atoms with Crippen molar-refractivity contribution in [1.29, 1.82) is 0 Å². The van der Waals surface area contributed by atoms with Crippen molar-refractivity contribution in [2.75, 3.05) is 46.8 Å². The van der Waals surface area contributed by atoms with Crippen LogP contribution in [0.3, 0.4) is 0 Å². The van der Waals surface area contributed by atoms with Crippen molar-refractivity contribution in [3.8, 4) is 0 Å². The van der Waals surface area contributed by atoms with Crippen LogP contribution in [0.2, 0.25) is 0 Å². The number of hydrogen-bond acceptors (Lipinski definition) is 6. The predicted molar refractivity (Wildman–Crippen MR) is 104 cm³/mol. The molecular formula is C16H26IO6P. The minimum atomic E-state index is 0.375. The molecule has 1 aromatic rings. The average Bonchev–Trinajstić information content (AvgIpc) is 2.60. The first kappa shape index (κ1) is 23.7. The number of aryl methyl sites for hydroxylation is 1. The van der Waals surface area contributed by atoms with Gasteiger partial charge in [0.05, 0.1) is 59.8 Å². The largest absolute Gasteiger partial charge is 0.471 e. The van der Waals surface area contributed by atoms with Crippen molar-refractivity contribution in [1.82, 2.24) is 0 Å². The second-order valence-electron chi connectivity index (χ2n) is 4.52. The van der Waals surface area contributed by atoms with Crippen LogP contribution in [-0.4, -0.2) is 53.2 Å². The van der Waals surface area contributed by atoms with Gasteiger partial charge in [-0.15, -0.1) is 0 Å². The quantitative estimate of drug-likeness (QED) is 0.190. The summed E-state index contributed by atoms with van der Waals surface area (Å²) >= 11 is 2.19. The van der Waals surface area contributed by atoms with E-state index in [9.17, 15) is 0 Å². The molecule has 1 unspecified atom stereocenters. The Kier molecular flexibility index (Phi) is 18.8. The number of methoxy groups -OCH3 is 1. The molecule has 0 fully saturated rings. The van der Waals surface area contributed by atoms with Crippen LogP contribution in [0.25, 0.3) is 0 Å². The topological polar surface area (TPSA) is 63.2 Å². The molecule has 0 spiro atoms. The summed E-state index contributed by atoms with van der Waals surface area (Å²) in [5.74, 6) is 0. The third-order valence-electron chi connectivity index (χ3n) is 2.58. The summed E-state index contributed by atoms with van der Waals surface area (Å²) in [6.45, 7) is 7.27. The van der Waals surface area contributed by atoms with Crippen LogP contribution in [-0.2, 0) is 34.9 Å². The van der Waals surface area contributed by atoms with Crippen molar-refractivity contribution in [3.05, 3.63) is 35.4 Å². The standard InChI is InChI=1S/C14H22IO4P.C2H4O2/c1-13-3-2-4-14(11-13)12-18-8-7-16-5-6-17-9-10-19-20-15;1-4-2-3/h2-4,11,20H,5-10,12H2,1H3;2H,1H3. The van der Waals surface area contributed by atoms with Gasteiger partial charge in [-0.05, 0) is 34.5 Å². The molecule has 0 heterocycles. The maximum atomic E-state index is 8.95. The van der Waals surface area contributed by atoms with Crippen molar-refractivity contribution in [3.63, 3.8) is 0 Å². The first-order valence-electron chi connectivity index (χ1n) is 7.47. The van der Waals surface area contributed by atoms with Gasteiger partial charge in [-0.1, -0.05) is 29.8 Å². The number of rotatable bonds is 13. The molecule has 1 aromatic carbocycles. The third kappa shape index (κ3) is 16.5. The molecule has 0 saturated carbocycles. The summed E-state index contributed by atoms with van der Waals surface area (Å²) in [5, 5.41) is 0. The fraction of sp³-hybridized carbons (Fsp3) is 0.562. The van der Waals surface area contributed by atoms with E-state index in [4.69, 9.17) is 23.5 Å². The first-order chi connectivity index (χ1) is 11.7. The monoisotopic (exact) mass is 472 g/mol. The minimum absolute atomic E-state index is 0.375. The van der Waals surface area contributed by atoms with Crippen molar-refractivity contribution < 1.29 is 28.3 Å². The maximum Gasteiger partial charge on any atom is 0.292 e. The lowest BCUT2D eigenvalue weighted by molar-refractivity contribution is -0.126. The number of carbonyl (C=O) groups excluding carboxylic acids is 1. The molecule has 0 aromatic heterocycles.